The van der Waals surface area contributed by atoms with Crippen LogP contribution in [0.1, 0.15) is 17.6 Å². The van der Waals surface area contributed by atoms with Crippen LogP contribution in [0.3, 0.4) is 0 Å². The fraction of sp³-hybridized carbons (Fsp3) is 0.286. The van der Waals surface area contributed by atoms with E-state index in [4.69, 9.17) is 4.74 Å². The van der Waals surface area contributed by atoms with Gasteiger partial charge in [-0.3, -0.25) is 4.79 Å². The zero-order valence-electron chi connectivity index (χ0n) is 11.7. The number of nitrogens with one attached hydrogen (secondary N) is 2. The van der Waals surface area contributed by atoms with Crippen molar-refractivity contribution in [3.8, 4) is 5.75 Å². The number of amides is 1. The first-order valence-electron chi connectivity index (χ1n) is 6.19. The topological polar surface area (TPSA) is 63.2 Å². The number of carbonyl (C=O) groups excluding carboxylic acids is 1. The summed E-state index contributed by atoms with van der Waals surface area (Å²) in [4.78, 5) is 15.5. The van der Waals surface area contributed by atoms with Crippen molar-refractivity contribution in [2.45, 2.75) is 20.4 Å². The van der Waals surface area contributed by atoms with Crippen LogP contribution in [0.25, 0.3) is 0 Å². The first kappa shape index (κ1) is 14.3. The molecule has 0 spiro atoms. The molecule has 0 radical (unpaired) electrons. The Balaban J connectivity index is 2.13. The molecule has 1 aromatic carbocycles. The summed E-state index contributed by atoms with van der Waals surface area (Å²) in [6.07, 6.45) is 0. The molecule has 2 aromatic rings. The van der Waals surface area contributed by atoms with Crippen LogP contribution in [0.15, 0.2) is 23.6 Å². The van der Waals surface area contributed by atoms with E-state index in [0.717, 1.165) is 27.8 Å². The molecule has 0 saturated heterocycles. The lowest BCUT2D eigenvalue weighted by atomic mass is 10.2. The van der Waals surface area contributed by atoms with Crippen LogP contribution < -0.4 is 15.4 Å². The third-order valence-electron chi connectivity index (χ3n) is 2.65. The van der Waals surface area contributed by atoms with Gasteiger partial charge in [-0.15, -0.1) is 11.3 Å². The van der Waals surface area contributed by atoms with E-state index >= 15 is 0 Å². The number of benzene rings is 1. The summed E-state index contributed by atoms with van der Waals surface area (Å²) in [5, 5.41) is 9.09. The molecule has 0 aliphatic heterocycles. The third-order valence-corrected chi connectivity index (χ3v) is 3.47. The fourth-order valence-corrected chi connectivity index (χ4v) is 2.41. The van der Waals surface area contributed by atoms with Crippen molar-refractivity contribution in [2.24, 2.45) is 0 Å². The van der Waals surface area contributed by atoms with Crippen molar-refractivity contribution in [2.75, 3.05) is 17.7 Å². The molecule has 0 aliphatic carbocycles. The molecular weight excluding hydrogens is 274 g/mol. The molecule has 1 aromatic heterocycles. The van der Waals surface area contributed by atoms with E-state index in [1.165, 1.54) is 6.92 Å². The van der Waals surface area contributed by atoms with Crippen molar-refractivity contribution in [3.63, 3.8) is 0 Å². The van der Waals surface area contributed by atoms with Gasteiger partial charge in [-0.1, -0.05) is 0 Å². The number of aromatic nitrogens is 1. The van der Waals surface area contributed by atoms with E-state index in [1.807, 2.05) is 24.4 Å². The highest BCUT2D eigenvalue weighted by Crippen LogP contribution is 2.28. The highest BCUT2D eigenvalue weighted by molar-refractivity contribution is 7.09. The first-order chi connectivity index (χ1) is 9.58. The van der Waals surface area contributed by atoms with Gasteiger partial charge in [0.25, 0.3) is 0 Å². The molecule has 0 bridgehead atoms. The molecular formula is C14H17N3O2S. The van der Waals surface area contributed by atoms with E-state index in [2.05, 4.69) is 15.6 Å². The normalized spacial score (nSPS) is 10.2. The number of methoxy groups -OCH3 is 1. The molecule has 0 fully saturated rings. The maximum atomic E-state index is 11.1. The zero-order valence-corrected chi connectivity index (χ0v) is 12.5. The Morgan fingerprint density at radius 2 is 2.25 bits per heavy atom. The molecule has 5 nitrogen and oxygen atoms in total. The Morgan fingerprint density at radius 1 is 1.45 bits per heavy atom. The second-order valence-corrected chi connectivity index (χ2v) is 5.37. The highest BCUT2D eigenvalue weighted by Gasteiger charge is 2.06. The molecule has 0 atom stereocenters. The summed E-state index contributed by atoms with van der Waals surface area (Å²) in [5.74, 6) is 0.627. The van der Waals surface area contributed by atoms with Gasteiger partial charge in [-0.25, -0.2) is 4.98 Å². The van der Waals surface area contributed by atoms with Crippen LogP contribution in [-0.4, -0.2) is 18.0 Å². The zero-order chi connectivity index (χ0) is 14.5. The molecule has 0 saturated carbocycles. The van der Waals surface area contributed by atoms with E-state index in [-0.39, 0.29) is 5.91 Å². The lowest BCUT2D eigenvalue weighted by Crippen LogP contribution is -2.07. The van der Waals surface area contributed by atoms with Crippen LogP contribution in [0, 0.1) is 6.92 Å². The summed E-state index contributed by atoms with van der Waals surface area (Å²) in [7, 11) is 1.62. The Labute approximate surface area is 122 Å². The molecule has 1 amide bonds. The minimum Gasteiger partial charge on any atom is -0.495 e. The Morgan fingerprint density at radius 3 is 2.85 bits per heavy atom. The molecule has 0 aliphatic rings. The van der Waals surface area contributed by atoms with E-state index in [9.17, 15) is 4.79 Å². The number of ether oxygens (including phenoxy) is 1. The van der Waals surface area contributed by atoms with Gasteiger partial charge >= 0.3 is 0 Å². The lowest BCUT2D eigenvalue weighted by Gasteiger charge is -2.12. The number of hydrogen-bond donors (Lipinski definition) is 2. The van der Waals surface area contributed by atoms with Gasteiger partial charge in [-0.05, 0) is 25.1 Å². The number of thiazole rings is 1. The molecule has 2 rings (SSSR count). The number of anilines is 2. The predicted molar refractivity (Wildman–Crippen MR) is 81.5 cm³/mol. The molecule has 6 heteroatoms. The van der Waals surface area contributed by atoms with Crippen LogP contribution in [0.5, 0.6) is 5.75 Å². The maximum Gasteiger partial charge on any atom is 0.221 e. The van der Waals surface area contributed by atoms with Crippen molar-refractivity contribution < 1.29 is 9.53 Å². The highest BCUT2D eigenvalue weighted by atomic mass is 32.1. The number of aryl methyl sites for hydroxylation is 1. The van der Waals surface area contributed by atoms with Gasteiger partial charge in [0.15, 0.2) is 0 Å². The smallest absolute Gasteiger partial charge is 0.221 e. The minimum atomic E-state index is -0.101. The molecule has 20 heavy (non-hydrogen) atoms. The van der Waals surface area contributed by atoms with Gasteiger partial charge in [0.1, 0.15) is 5.75 Å². The Hall–Kier alpha value is -2.08. The average Bonchev–Trinajstić information content (AvgIpc) is 2.82. The third kappa shape index (κ3) is 3.71. The van der Waals surface area contributed by atoms with Crippen molar-refractivity contribution in [1.29, 1.82) is 0 Å². The fourth-order valence-electron chi connectivity index (χ4n) is 1.80. The maximum absolute atomic E-state index is 11.1. The minimum absolute atomic E-state index is 0.101. The molecule has 1 heterocycles. The van der Waals surface area contributed by atoms with Gasteiger partial charge in [-0.2, -0.15) is 0 Å². The van der Waals surface area contributed by atoms with E-state index < -0.39 is 0 Å². The predicted octanol–water partition coefficient (Wildman–Crippen LogP) is 3.03. The second-order valence-electron chi connectivity index (χ2n) is 4.31. The van der Waals surface area contributed by atoms with Crippen molar-refractivity contribution >= 4 is 28.6 Å². The van der Waals surface area contributed by atoms with Crippen LogP contribution in [0.4, 0.5) is 11.4 Å². The number of carbonyl (C=O) groups is 1. The first-order valence-corrected chi connectivity index (χ1v) is 7.07. The summed E-state index contributed by atoms with van der Waals surface area (Å²) in [6.45, 7) is 4.08. The largest absolute Gasteiger partial charge is 0.495 e. The molecule has 2 N–H and O–H groups in total. The second kappa shape index (κ2) is 6.38. The van der Waals surface area contributed by atoms with Crippen molar-refractivity contribution in [3.05, 3.63) is 34.3 Å². The number of rotatable bonds is 5. The van der Waals surface area contributed by atoms with E-state index in [1.54, 1.807) is 24.5 Å². The van der Waals surface area contributed by atoms with Crippen LogP contribution in [-0.2, 0) is 11.3 Å². The quantitative estimate of drug-likeness (QED) is 0.889. The summed E-state index contributed by atoms with van der Waals surface area (Å²) in [5.41, 5.74) is 2.54. The molecule has 106 valence electrons. The summed E-state index contributed by atoms with van der Waals surface area (Å²) in [6, 6.07) is 5.47. The Bertz CT molecular complexity index is 610. The summed E-state index contributed by atoms with van der Waals surface area (Å²) < 4.78 is 5.31. The monoisotopic (exact) mass is 291 g/mol. The van der Waals surface area contributed by atoms with Gasteiger partial charge in [0.2, 0.25) is 5.91 Å². The Kier molecular flexibility index (Phi) is 4.57. The van der Waals surface area contributed by atoms with E-state index in [0.29, 0.717) is 6.54 Å². The van der Waals surface area contributed by atoms with Crippen LogP contribution in [0.2, 0.25) is 0 Å². The van der Waals surface area contributed by atoms with Gasteiger partial charge < -0.3 is 15.4 Å². The van der Waals surface area contributed by atoms with Crippen molar-refractivity contribution in [1.82, 2.24) is 4.98 Å². The standard InChI is InChI=1S/C14H17N3O2S/c1-9(18)16-11-4-5-14(19-3)13(6-11)15-7-12-8-20-10(2)17-12/h4-6,8,15H,7H2,1-3H3,(H,16,18). The lowest BCUT2D eigenvalue weighted by molar-refractivity contribution is -0.114. The average molecular weight is 291 g/mol. The van der Waals surface area contributed by atoms with Gasteiger partial charge in [0, 0.05) is 18.0 Å². The summed E-state index contributed by atoms with van der Waals surface area (Å²) >= 11 is 1.62. The van der Waals surface area contributed by atoms with Gasteiger partial charge in [0.05, 0.1) is 30.0 Å². The van der Waals surface area contributed by atoms with Crippen LogP contribution >= 0.6 is 11.3 Å². The number of nitrogens with zero attached hydrogens (tertiary/aromatic N) is 1. The SMILES string of the molecule is COc1ccc(NC(C)=O)cc1NCc1csc(C)n1. The molecule has 0 unspecified atom stereocenters. The number of hydrogen-bond acceptors (Lipinski definition) is 5.